The van der Waals surface area contributed by atoms with E-state index in [4.69, 9.17) is 4.74 Å². The van der Waals surface area contributed by atoms with Crippen LogP contribution < -0.4 is 4.74 Å². The van der Waals surface area contributed by atoms with Crippen LogP contribution in [-0.4, -0.2) is 45.6 Å². The standard InChI is InChI=1S/C19H22N2O4S/c1-3-11-25-14-7-5-13(6-8-14)16-20-15(12-26-16)17(22)21-10-4-9-19(21,2)18(23)24/h5-8,12H,3-4,9-11H2,1-2H3,(H,23,24). The van der Waals surface area contributed by atoms with E-state index in [1.807, 2.05) is 24.3 Å². The quantitative estimate of drug-likeness (QED) is 0.834. The smallest absolute Gasteiger partial charge is 0.329 e. The monoisotopic (exact) mass is 374 g/mol. The number of carboxylic acids is 1. The zero-order chi connectivity index (χ0) is 18.7. The van der Waals surface area contributed by atoms with Crippen LogP contribution in [0.2, 0.25) is 0 Å². The van der Waals surface area contributed by atoms with E-state index in [9.17, 15) is 14.7 Å². The van der Waals surface area contributed by atoms with Crippen molar-refractivity contribution in [2.45, 2.75) is 38.6 Å². The SMILES string of the molecule is CCCOc1ccc(-c2nc(C(=O)N3CCCC3(C)C(=O)O)cs2)cc1. The van der Waals surface area contributed by atoms with Crippen LogP contribution in [0.3, 0.4) is 0 Å². The fourth-order valence-corrected chi connectivity index (χ4v) is 3.87. The highest BCUT2D eigenvalue weighted by Gasteiger charge is 2.46. The van der Waals surface area contributed by atoms with Crippen molar-refractivity contribution in [2.75, 3.05) is 13.2 Å². The third-order valence-corrected chi connectivity index (χ3v) is 5.54. The lowest BCUT2D eigenvalue weighted by molar-refractivity contribution is -0.147. The Morgan fingerprint density at radius 2 is 2.08 bits per heavy atom. The topological polar surface area (TPSA) is 79.7 Å². The fourth-order valence-electron chi connectivity index (χ4n) is 3.07. The summed E-state index contributed by atoms with van der Waals surface area (Å²) in [5.74, 6) is -0.489. The van der Waals surface area contributed by atoms with Crippen LogP contribution in [-0.2, 0) is 4.79 Å². The summed E-state index contributed by atoms with van der Waals surface area (Å²) in [6, 6.07) is 7.59. The second-order valence-corrected chi connectivity index (χ2v) is 7.41. The average Bonchev–Trinajstić information content (AvgIpc) is 3.28. The lowest BCUT2D eigenvalue weighted by Gasteiger charge is -2.30. The molecule has 0 spiro atoms. The van der Waals surface area contributed by atoms with Gasteiger partial charge in [0.05, 0.1) is 6.61 Å². The van der Waals surface area contributed by atoms with Crippen LogP contribution in [0.5, 0.6) is 5.75 Å². The summed E-state index contributed by atoms with van der Waals surface area (Å²) >= 11 is 1.38. The summed E-state index contributed by atoms with van der Waals surface area (Å²) in [6.45, 7) is 4.77. The van der Waals surface area contributed by atoms with E-state index in [1.54, 1.807) is 12.3 Å². The van der Waals surface area contributed by atoms with Gasteiger partial charge in [0.15, 0.2) is 0 Å². The van der Waals surface area contributed by atoms with Crippen molar-refractivity contribution in [3.63, 3.8) is 0 Å². The van der Waals surface area contributed by atoms with Gasteiger partial charge in [-0.3, -0.25) is 4.79 Å². The number of amides is 1. The Balaban J connectivity index is 1.77. The van der Waals surface area contributed by atoms with Gasteiger partial charge in [-0.15, -0.1) is 11.3 Å². The van der Waals surface area contributed by atoms with Gasteiger partial charge in [0, 0.05) is 17.5 Å². The van der Waals surface area contributed by atoms with Crippen molar-refractivity contribution in [3.8, 4) is 16.3 Å². The van der Waals surface area contributed by atoms with Crippen LogP contribution in [0.4, 0.5) is 0 Å². The average molecular weight is 374 g/mol. The van der Waals surface area contributed by atoms with Crippen LogP contribution in [0.1, 0.15) is 43.6 Å². The summed E-state index contributed by atoms with van der Waals surface area (Å²) in [6.07, 6.45) is 2.10. The maximum Gasteiger partial charge on any atom is 0.329 e. The van der Waals surface area contributed by atoms with E-state index in [0.717, 1.165) is 22.7 Å². The Bertz CT molecular complexity index is 802. The predicted molar refractivity (Wildman–Crippen MR) is 99.6 cm³/mol. The maximum absolute atomic E-state index is 12.8. The number of aliphatic carboxylic acids is 1. The number of likely N-dealkylation sites (tertiary alicyclic amines) is 1. The highest BCUT2D eigenvalue weighted by molar-refractivity contribution is 7.13. The number of hydrogen-bond donors (Lipinski definition) is 1. The maximum atomic E-state index is 12.8. The molecule has 0 aliphatic carbocycles. The third kappa shape index (κ3) is 3.44. The molecule has 138 valence electrons. The molecule has 1 amide bonds. The van der Waals surface area contributed by atoms with Crippen LogP contribution in [0, 0.1) is 0 Å². The Morgan fingerprint density at radius 1 is 1.35 bits per heavy atom. The molecule has 1 atom stereocenters. The van der Waals surface area contributed by atoms with Gasteiger partial charge in [-0.05, 0) is 50.5 Å². The van der Waals surface area contributed by atoms with E-state index in [2.05, 4.69) is 11.9 Å². The summed E-state index contributed by atoms with van der Waals surface area (Å²) in [4.78, 5) is 30.2. The van der Waals surface area contributed by atoms with Crippen molar-refractivity contribution >= 4 is 23.2 Å². The molecule has 1 aromatic carbocycles. The minimum absolute atomic E-state index is 0.297. The first-order valence-electron chi connectivity index (χ1n) is 8.70. The molecule has 6 nitrogen and oxygen atoms in total. The third-order valence-electron chi connectivity index (χ3n) is 4.64. The number of rotatable bonds is 6. The van der Waals surface area contributed by atoms with E-state index >= 15 is 0 Å². The highest BCUT2D eigenvalue weighted by Crippen LogP contribution is 2.32. The molecule has 2 heterocycles. The zero-order valence-corrected chi connectivity index (χ0v) is 15.7. The molecule has 0 radical (unpaired) electrons. The second-order valence-electron chi connectivity index (χ2n) is 6.55. The molecule has 1 fully saturated rings. The summed E-state index contributed by atoms with van der Waals surface area (Å²) < 4.78 is 5.57. The lowest BCUT2D eigenvalue weighted by Crippen LogP contribution is -2.50. The first-order valence-corrected chi connectivity index (χ1v) is 9.58. The van der Waals surface area contributed by atoms with Gasteiger partial charge in [0.2, 0.25) is 0 Å². The van der Waals surface area contributed by atoms with E-state index in [1.165, 1.54) is 16.2 Å². The molecule has 1 aliphatic rings. The number of ether oxygens (including phenoxy) is 1. The van der Waals surface area contributed by atoms with Gasteiger partial charge >= 0.3 is 5.97 Å². The fraction of sp³-hybridized carbons (Fsp3) is 0.421. The van der Waals surface area contributed by atoms with Gasteiger partial charge < -0.3 is 14.7 Å². The number of carbonyl (C=O) groups excluding carboxylic acids is 1. The van der Waals surface area contributed by atoms with Crippen LogP contribution in [0.25, 0.3) is 10.6 Å². The molecule has 7 heteroatoms. The number of benzene rings is 1. The van der Waals surface area contributed by atoms with Crippen molar-refractivity contribution in [1.82, 2.24) is 9.88 Å². The number of hydrogen-bond acceptors (Lipinski definition) is 5. The highest BCUT2D eigenvalue weighted by atomic mass is 32.1. The number of aromatic nitrogens is 1. The van der Waals surface area contributed by atoms with Gasteiger partial charge in [-0.1, -0.05) is 6.92 Å². The normalized spacial score (nSPS) is 19.5. The van der Waals surface area contributed by atoms with Crippen molar-refractivity contribution in [2.24, 2.45) is 0 Å². The first-order chi connectivity index (χ1) is 12.5. The molecule has 1 unspecified atom stereocenters. The van der Waals surface area contributed by atoms with E-state index < -0.39 is 11.5 Å². The number of carboxylic acid groups (broad SMARTS) is 1. The van der Waals surface area contributed by atoms with Crippen LogP contribution in [0.15, 0.2) is 29.6 Å². The Kier molecular flexibility index (Phi) is 5.27. The lowest BCUT2D eigenvalue weighted by atomic mass is 9.99. The summed E-state index contributed by atoms with van der Waals surface area (Å²) in [7, 11) is 0. The molecule has 1 aliphatic heterocycles. The Hall–Kier alpha value is -2.41. The molecule has 0 bridgehead atoms. The molecule has 1 aromatic heterocycles. The number of nitrogens with zero attached hydrogens (tertiary/aromatic N) is 2. The molecular formula is C19H22N2O4S. The van der Waals surface area contributed by atoms with Gasteiger partial charge in [-0.25, -0.2) is 9.78 Å². The largest absolute Gasteiger partial charge is 0.494 e. The van der Waals surface area contributed by atoms with Gasteiger partial charge in [0.1, 0.15) is 22.0 Å². The van der Waals surface area contributed by atoms with Crippen molar-refractivity contribution in [3.05, 3.63) is 35.3 Å². The minimum Gasteiger partial charge on any atom is -0.494 e. The van der Waals surface area contributed by atoms with Crippen molar-refractivity contribution < 1.29 is 19.4 Å². The molecule has 1 saturated heterocycles. The Morgan fingerprint density at radius 3 is 2.73 bits per heavy atom. The molecular weight excluding hydrogens is 352 g/mol. The molecule has 0 saturated carbocycles. The first kappa shape index (κ1) is 18.4. The minimum atomic E-state index is -1.15. The molecule has 26 heavy (non-hydrogen) atoms. The number of carbonyl (C=O) groups is 2. The van der Waals surface area contributed by atoms with Crippen molar-refractivity contribution in [1.29, 1.82) is 0 Å². The predicted octanol–water partition coefficient (Wildman–Crippen LogP) is 3.68. The Labute approximate surface area is 156 Å². The molecule has 2 aromatic rings. The van der Waals surface area contributed by atoms with E-state index in [-0.39, 0.29) is 5.91 Å². The molecule has 3 rings (SSSR count). The molecule has 1 N–H and O–H groups in total. The summed E-state index contributed by atoms with van der Waals surface area (Å²) in [5.41, 5.74) is 0.0464. The van der Waals surface area contributed by atoms with Crippen LogP contribution >= 0.6 is 11.3 Å². The zero-order valence-electron chi connectivity index (χ0n) is 14.9. The van der Waals surface area contributed by atoms with Gasteiger partial charge in [-0.2, -0.15) is 0 Å². The van der Waals surface area contributed by atoms with E-state index in [0.29, 0.717) is 31.7 Å². The number of thiazole rings is 1. The summed E-state index contributed by atoms with van der Waals surface area (Å²) in [5, 5.41) is 11.9. The second kappa shape index (κ2) is 7.45. The van der Waals surface area contributed by atoms with Gasteiger partial charge in [0.25, 0.3) is 5.91 Å².